The van der Waals surface area contributed by atoms with E-state index in [9.17, 15) is 0 Å². The van der Waals surface area contributed by atoms with Crippen LogP contribution in [0.2, 0.25) is 0 Å². The van der Waals surface area contributed by atoms with Crippen molar-refractivity contribution in [2.24, 2.45) is 5.92 Å². The summed E-state index contributed by atoms with van der Waals surface area (Å²) >= 11 is 0. The summed E-state index contributed by atoms with van der Waals surface area (Å²) in [4.78, 5) is 14.4. The maximum Gasteiger partial charge on any atom is 0.225 e. The van der Waals surface area contributed by atoms with Crippen LogP contribution >= 0.6 is 0 Å². The monoisotopic (exact) mass is 344 g/mol. The summed E-state index contributed by atoms with van der Waals surface area (Å²) < 4.78 is 0. The van der Waals surface area contributed by atoms with E-state index in [1.165, 1.54) is 56.9 Å². The number of rotatable bonds is 9. The highest BCUT2D eigenvalue weighted by Gasteiger charge is 2.39. The number of hydrogen-bond donors (Lipinski definition) is 0. The summed E-state index contributed by atoms with van der Waals surface area (Å²) in [6.07, 6.45) is 16.0. The topological polar surface area (TPSA) is 32.3 Å². The fourth-order valence-electron chi connectivity index (χ4n) is 4.46. The van der Waals surface area contributed by atoms with Crippen molar-refractivity contribution in [1.29, 1.82) is 0 Å². The van der Waals surface area contributed by atoms with Gasteiger partial charge < -0.3 is 9.80 Å². The fraction of sp³-hybridized carbons (Fsp3) is 0.810. The maximum absolute atomic E-state index is 4.71. The second kappa shape index (κ2) is 8.98. The number of anilines is 1. The van der Waals surface area contributed by atoms with Crippen LogP contribution < -0.4 is 4.90 Å². The molecule has 0 aliphatic carbocycles. The molecule has 1 aromatic rings. The summed E-state index contributed by atoms with van der Waals surface area (Å²) in [6.45, 7) is 6.94. The predicted octanol–water partition coefficient (Wildman–Crippen LogP) is 4.30. The molecule has 0 N–H and O–H groups in total. The fourth-order valence-corrected chi connectivity index (χ4v) is 4.46. The highest BCUT2D eigenvalue weighted by atomic mass is 15.4. The van der Waals surface area contributed by atoms with Gasteiger partial charge in [0.05, 0.1) is 0 Å². The molecule has 2 bridgehead atoms. The molecule has 0 amide bonds. The number of nitrogens with zero attached hydrogens (tertiary/aromatic N) is 4. The third-order valence-electron chi connectivity index (χ3n) is 5.83. The summed E-state index contributed by atoms with van der Waals surface area (Å²) in [7, 11) is 2.23. The van der Waals surface area contributed by atoms with Crippen molar-refractivity contribution in [2.75, 3.05) is 25.0 Å². The van der Waals surface area contributed by atoms with Gasteiger partial charge in [-0.2, -0.15) is 0 Å². The second-order valence-corrected chi connectivity index (χ2v) is 8.61. The molecular formula is C21H36N4. The lowest BCUT2D eigenvalue weighted by molar-refractivity contribution is 0.262. The average Bonchev–Trinajstić information content (AvgIpc) is 2.86. The molecule has 2 aliphatic heterocycles. The molecule has 140 valence electrons. The van der Waals surface area contributed by atoms with Gasteiger partial charge in [0.15, 0.2) is 0 Å². The normalized spacial score (nSPS) is 23.6. The number of likely N-dealkylation sites (N-methyl/N-ethyl adjacent to an activating group) is 1. The van der Waals surface area contributed by atoms with Crippen LogP contribution in [0.4, 0.5) is 5.95 Å². The Balaban J connectivity index is 1.39. The zero-order valence-electron chi connectivity index (χ0n) is 16.5. The summed E-state index contributed by atoms with van der Waals surface area (Å²) in [5.41, 5.74) is 1.30. The largest absolute Gasteiger partial charge is 0.332 e. The van der Waals surface area contributed by atoms with Gasteiger partial charge in [0.1, 0.15) is 0 Å². The van der Waals surface area contributed by atoms with Crippen molar-refractivity contribution in [3.8, 4) is 0 Å². The zero-order chi connectivity index (χ0) is 17.6. The van der Waals surface area contributed by atoms with Crippen LogP contribution in [0.15, 0.2) is 12.4 Å². The van der Waals surface area contributed by atoms with Crippen LogP contribution in [0.3, 0.4) is 0 Å². The first-order valence-corrected chi connectivity index (χ1v) is 10.4. The second-order valence-electron chi connectivity index (χ2n) is 8.61. The van der Waals surface area contributed by atoms with Crippen LogP contribution in [0.1, 0.15) is 70.8 Å². The van der Waals surface area contributed by atoms with Crippen LogP contribution in [0.5, 0.6) is 0 Å². The van der Waals surface area contributed by atoms with E-state index in [0.29, 0.717) is 12.1 Å². The quantitative estimate of drug-likeness (QED) is 0.625. The number of piperazine rings is 1. The molecule has 1 aromatic heterocycles. The lowest BCUT2D eigenvalue weighted by atomic mass is 10.0. The van der Waals surface area contributed by atoms with Gasteiger partial charge in [0.25, 0.3) is 0 Å². The summed E-state index contributed by atoms with van der Waals surface area (Å²) in [6, 6.07) is 1.22. The molecule has 0 aromatic carbocycles. The minimum atomic E-state index is 0.612. The lowest BCUT2D eigenvalue weighted by Gasteiger charge is -2.39. The van der Waals surface area contributed by atoms with Crippen molar-refractivity contribution in [3.63, 3.8) is 0 Å². The molecule has 2 atom stereocenters. The Bertz CT molecular complexity index is 499. The Morgan fingerprint density at radius 3 is 2.20 bits per heavy atom. The minimum absolute atomic E-state index is 0.612. The molecule has 25 heavy (non-hydrogen) atoms. The van der Waals surface area contributed by atoms with E-state index < -0.39 is 0 Å². The Hall–Kier alpha value is -1.16. The first-order valence-electron chi connectivity index (χ1n) is 10.4. The van der Waals surface area contributed by atoms with Crippen molar-refractivity contribution >= 4 is 5.95 Å². The van der Waals surface area contributed by atoms with Crippen molar-refractivity contribution in [3.05, 3.63) is 18.0 Å². The van der Waals surface area contributed by atoms with E-state index in [1.54, 1.807) is 0 Å². The van der Waals surface area contributed by atoms with Crippen molar-refractivity contribution in [1.82, 2.24) is 14.9 Å². The standard InChI is InChI=1S/C21H36N4/c1-17(2)9-7-5-4-6-8-10-18-13-22-21(23-14-18)25-19-11-12-20(25)16-24(3)15-19/h13-14,17,19-20H,4-12,15-16H2,1-3H3. The van der Waals surface area contributed by atoms with E-state index in [1.807, 2.05) is 0 Å². The molecule has 3 rings (SSSR count). The third-order valence-corrected chi connectivity index (χ3v) is 5.83. The van der Waals surface area contributed by atoms with E-state index in [2.05, 4.69) is 43.1 Å². The van der Waals surface area contributed by atoms with E-state index in [0.717, 1.165) is 31.4 Å². The molecule has 2 aliphatic rings. The summed E-state index contributed by atoms with van der Waals surface area (Å²) in [5.74, 6) is 1.81. The van der Waals surface area contributed by atoms with Gasteiger partial charge in [-0.05, 0) is 44.2 Å². The number of unbranched alkanes of at least 4 members (excludes halogenated alkanes) is 4. The molecular weight excluding hydrogens is 308 g/mol. The molecule has 2 fully saturated rings. The van der Waals surface area contributed by atoms with E-state index in [4.69, 9.17) is 9.97 Å². The van der Waals surface area contributed by atoms with Gasteiger partial charge in [0.2, 0.25) is 5.95 Å². The number of likely N-dealkylation sites (tertiary alicyclic amines) is 1. The zero-order valence-corrected chi connectivity index (χ0v) is 16.5. The third kappa shape index (κ3) is 5.16. The molecule has 2 unspecified atom stereocenters. The van der Waals surface area contributed by atoms with Gasteiger partial charge in [-0.1, -0.05) is 46.0 Å². The Morgan fingerprint density at radius 1 is 0.960 bits per heavy atom. The lowest BCUT2D eigenvalue weighted by Crippen LogP contribution is -2.53. The smallest absolute Gasteiger partial charge is 0.225 e. The number of aromatic nitrogens is 2. The molecule has 0 spiro atoms. The van der Waals surface area contributed by atoms with Crippen LogP contribution in [0.25, 0.3) is 0 Å². The van der Waals surface area contributed by atoms with Crippen LogP contribution in [0, 0.1) is 5.92 Å². The molecule has 0 saturated carbocycles. The van der Waals surface area contributed by atoms with Gasteiger partial charge >= 0.3 is 0 Å². The molecule has 3 heterocycles. The highest BCUT2D eigenvalue weighted by Crippen LogP contribution is 2.32. The van der Waals surface area contributed by atoms with Crippen LogP contribution in [-0.2, 0) is 6.42 Å². The number of aryl methyl sites for hydroxylation is 1. The van der Waals surface area contributed by atoms with E-state index in [-0.39, 0.29) is 0 Å². The molecule has 0 radical (unpaired) electrons. The SMILES string of the molecule is CC(C)CCCCCCCc1cnc(N2C3CCC2CN(C)C3)nc1. The molecule has 4 heteroatoms. The predicted molar refractivity (Wildman–Crippen MR) is 105 cm³/mol. The first kappa shape index (κ1) is 18.6. The Morgan fingerprint density at radius 2 is 1.56 bits per heavy atom. The van der Waals surface area contributed by atoms with Gasteiger partial charge in [-0.3, -0.25) is 0 Å². The number of fused-ring (bicyclic) bond motifs is 2. The Kier molecular flexibility index (Phi) is 6.69. The van der Waals surface area contributed by atoms with Crippen molar-refractivity contribution < 1.29 is 0 Å². The van der Waals surface area contributed by atoms with Crippen molar-refractivity contribution in [2.45, 2.75) is 83.7 Å². The van der Waals surface area contributed by atoms with E-state index >= 15 is 0 Å². The number of hydrogen-bond acceptors (Lipinski definition) is 4. The maximum atomic E-state index is 4.71. The van der Waals surface area contributed by atoms with Gasteiger partial charge in [-0.25, -0.2) is 9.97 Å². The molecule has 2 saturated heterocycles. The van der Waals surface area contributed by atoms with Gasteiger partial charge in [-0.15, -0.1) is 0 Å². The average molecular weight is 345 g/mol. The Labute approximate surface area is 154 Å². The minimum Gasteiger partial charge on any atom is -0.332 e. The first-order chi connectivity index (χ1) is 12.1. The van der Waals surface area contributed by atoms with Gasteiger partial charge in [0, 0.05) is 37.6 Å². The highest BCUT2D eigenvalue weighted by molar-refractivity contribution is 5.37. The van der Waals surface area contributed by atoms with Crippen LogP contribution in [-0.4, -0.2) is 47.1 Å². The molecule has 4 nitrogen and oxygen atoms in total. The summed E-state index contributed by atoms with van der Waals surface area (Å²) in [5, 5.41) is 0.